The molecule has 0 aromatic heterocycles. The molecule has 0 aliphatic rings. The first-order valence-electron chi connectivity index (χ1n) is 16.8. The molecule has 7 heteroatoms. The van der Waals surface area contributed by atoms with Crippen LogP contribution in [0, 0.1) is 22.7 Å². The molecule has 4 unspecified atom stereocenters. The summed E-state index contributed by atoms with van der Waals surface area (Å²) in [4.78, 5) is 28.0. The number of benzene rings is 3. The Morgan fingerprint density at radius 1 is 0.609 bits per heavy atom. The van der Waals surface area contributed by atoms with Gasteiger partial charge in [-0.1, -0.05) is 131 Å². The standard InChI is InChI=1S/C39H52O6S/c1-4-18-34(5-2)38(36(40)41,29-32-22-12-8-13-23-32)39(37(42)43,30-33-24-14-9-15-25-33)35(6-3)26-28-46(44,45)27-17-16-21-31-19-10-7-11-20-31/h7-15,19-20,22-25,34-35H,4-6,16-18,21,26-30H2,1-3H3,(H,40,41)(H,42,43). The van der Waals surface area contributed by atoms with Crippen molar-refractivity contribution < 1.29 is 28.2 Å². The zero-order valence-electron chi connectivity index (χ0n) is 27.7. The number of aliphatic carboxylic acids is 2. The zero-order valence-corrected chi connectivity index (χ0v) is 28.6. The van der Waals surface area contributed by atoms with Crippen LogP contribution in [0.1, 0.15) is 82.4 Å². The summed E-state index contributed by atoms with van der Waals surface area (Å²) >= 11 is 0. The summed E-state index contributed by atoms with van der Waals surface area (Å²) in [6, 6.07) is 28.5. The van der Waals surface area contributed by atoms with Crippen LogP contribution in [0.25, 0.3) is 0 Å². The highest BCUT2D eigenvalue weighted by molar-refractivity contribution is 7.91. The molecule has 0 saturated carbocycles. The van der Waals surface area contributed by atoms with Crippen LogP contribution in [0.2, 0.25) is 0 Å². The van der Waals surface area contributed by atoms with Gasteiger partial charge >= 0.3 is 11.9 Å². The van der Waals surface area contributed by atoms with Crippen molar-refractivity contribution in [1.82, 2.24) is 0 Å². The van der Waals surface area contributed by atoms with Crippen molar-refractivity contribution in [3.05, 3.63) is 108 Å². The number of hydrogen-bond acceptors (Lipinski definition) is 4. The van der Waals surface area contributed by atoms with Crippen LogP contribution in [-0.2, 0) is 38.7 Å². The largest absolute Gasteiger partial charge is 0.481 e. The number of rotatable bonds is 21. The number of carboxylic acid groups (broad SMARTS) is 2. The van der Waals surface area contributed by atoms with E-state index in [1.54, 1.807) is 0 Å². The quantitative estimate of drug-likeness (QED) is 0.113. The summed E-state index contributed by atoms with van der Waals surface area (Å²) in [5.74, 6) is -3.59. The average Bonchev–Trinajstić information content (AvgIpc) is 3.05. The monoisotopic (exact) mass is 648 g/mol. The Morgan fingerprint density at radius 3 is 1.41 bits per heavy atom. The molecule has 4 atom stereocenters. The predicted molar refractivity (Wildman–Crippen MR) is 186 cm³/mol. The highest BCUT2D eigenvalue weighted by atomic mass is 32.2. The van der Waals surface area contributed by atoms with Crippen molar-refractivity contribution in [1.29, 1.82) is 0 Å². The molecule has 0 fully saturated rings. The van der Waals surface area contributed by atoms with Gasteiger partial charge in [-0.05, 0) is 73.5 Å². The lowest BCUT2D eigenvalue weighted by atomic mass is 9.47. The molecule has 3 rings (SSSR count). The number of carbonyl (C=O) groups is 2. The van der Waals surface area contributed by atoms with Gasteiger partial charge in [-0.2, -0.15) is 0 Å². The molecule has 46 heavy (non-hydrogen) atoms. The Labute approximate surface area is 276 Å². The number of unbranched alkanes of at least 4 members (excludes halogenated alkanes) is 1. The van der Waals surface area contributed by atoms with E-state index in [1.165, 1.54) is 5.56 Å². The minimum atomic E-state index is -3.50. The molecular weight excluding hydrogens is 596 g/mol. The van der Waals surface area contributed by atoms with E-state index in [0.29, 0.717) is 32.1 Å². The molecule has 3 aromatic rings. The second-order valence-electron chi connectivity index (χ2n) is 12.8. The first-order chi connectivity index (χ1) is 22.1. The molecule has 0 bridgehead atoms. The van der Waals surface area contributed by atoms with Crippen LogP contribution in [0.15, 0.2) is 91.0 Å². The van der Waals surface area contributed by atoms with E-state index in [4.69, 9.17) is 0 Å². The first kappa shape index (κ1) is 37.0. The third kappa shape index (κ3) is 8.87. The summed E-state index contributed by atoms with van der Waals surface area (Å²) in [6.07, 6.45) is 4.27. The van der Waals surface area contributed by atoms with Gasteiger partial charge in [0.15, 0.2) is 0 Å². The van der Waals surface area contributed by atoms with E-state index < -0.39 is 44.4 Å². The lowest BCUT2D eigenvalue weighted by Crippen LogP contribution is -2.62. The molecule has 3 aromatic carbocycles. The van der Waals surface area contributed by atoms with Crippen molar-refractivity contribution in [3.8, 4) is 0 Å². The van der Waals surface area contributed by atoms with Crippen LogP contribution in [0.4, 0.5) is 0 Å². The molecule has 6 nitrogen and oxygen atoms in total. The number of aryl methyl sites for hydroxylation is 1. The smallest absolute Gasteiger partial charge is 0.311 e. The van der Waals surface area contributed by atoms with Crippen molar-refractivity contribution >= 4 is 21.8 Å². The van der Waals surface area contributed by atoms with Gasteiger partial charge in [0.2, 0.25) is 0 Å². The number of hydrogen-bond donors (Lipinski definition) is 2. The SMILES string of the molecule is CCCC(CC)C(Cc1ccccc1)(C(=O)O)C(Cc1ccccc1)(C(=O)O)C(CC)CCS(=O)(=O)CCCCc1ccccc1. The number of sulfone groups is 1. The fourth-order valence-corrected chi connectivity index (χ4v) is 9.21. The van der Waals surface area contributed by atoms with Crippen molar-refractivity contribution in [2.45, 2.75) is 85.0 Å². The summed E-state index contributed by atoms with van der Waals surface area (Å²) in [5, 5.41) is 22.9. The van der Waals surface area contributed by atoms with Gasteiger partial charge in [-0.25, -0.2) is 8.42 Å². The van der Waals surface area contributed by atoms with Crippen LogP contribution < -0.4 is 0 Å². The molecule has 0 amide bonds. The number of carboxylic acids is 2. The van der Waals surface area contributed by atoms with Gasteiger partial charge in [-0.3, -0.25) is 9.59 Å². The van der Waals surface area contributed by atoms with Crippen LogP contribution in [0.5, 0.6) is 0 Å². The third-order valence-corrected chi connectivity index (χ3v) is 11.8. The predicted octanol–water partition coefficient (Wildman–Crippen LogP) is 8.29. The molecule has 0 saturated heterocycles. The van der Waals surface area contributed by atoms with Crippen LogP contribution >= 0.6 is 0 Å². The lowest BCUT2D eigenvalue weighted by Gasteiger charge is -2.53. The molecular formula is C39H52O6S. The average molecular weight is 649 g/mol. The Kier molecular flexibility index (Phi) is 14.1. The normalized spacial score (nSPS) is 15.7. The maximum absolute atomic E-state index is 14.0. The maximum Gasteiger partial charge on any atom is 0.311 e. The van der Waals surface area contributed by atoms with E-state index in [2.05, 4.69) is 0 Å². The molecule has 0 heterocycles. The summed E-state index contributed by atoms with van der Waals surface area (Å²) in [6.45, 7) is 5.81. The van der Waals surface area contributed by atoms with Gasteiger partial charge in [-0.15, -0.1) is 0 Å². The van der Waals surface area contributed by atoms with Crippen molar-refractivity contribution in [2.24, 2.45) is 22.7 Å². The Balaban J connectivity index is 2.09. The Hall–Kier alpha value is -3.45. The third-order valence-electron chi connectivity index (χ3n) is 10.0. The molecule has 0 spiro atoms. The minimum Gasteiger partial charge on any atom is -0.481 e. The fourth-order valence-electron chi connectivity index (χ4n) is 7.72. The fraction of sp³-hybridized carbons (Fsp3) is 0.487. The topological polar surface area (TPSA) is 109 Å². The van der Waals surface area contributed by atoms with Gasteiger partial charge in [0.05, 0.1) is 22.3 Å². The Morgan fingerprint density at radius 2 is 1.02 bits per heavy atom. The van der Waals surface area contributed by atoms with E-state index in [9.17, 15) is 28.2 Å². The Bertz CT molecular complexity index is 1460. The minimum absolute atomic E-state index is 0.00183. The lowest BCUT2D eigenvalue weighted by molar-refractivity contribution is -0.190. The van der Waals surface area contributed by atoms with Crippen molar-refractivity contribution in [3.63, 3.8) is 0 Å². The van der Waals surface area contributed by atoms with E-state index in [0.717, 1.165) is 24.0 Å². The van der Waals surface area contributed by atoms with E-state index in [-0.39, 0.29) is 30.8 Å². The molecule has 2 N–H and O–H groups in total. The van der Waals surface area contributed by atoms with Gasteiger partial charge < -0.3 is 10.2 Å². The molecule has 0 aliphatic carbocycles. The second-order valence-corrected chi connectivity index (χ2v) is 15.1. The zero-order chi connectivity index (χ0) is 33.6. The second kappa shape index (κ2) is 17.5. The van der Waals surface area contributed by atoms with Gasteiger partial charge in [0.1, 0.15) is 9.84 Å². The van der Waals surface area contributed by atoms with E-state index in [1.807, 2.05) is 112 Å². The first-order valence-corrected chi connectivity index (χ1v) is 18.7. The summed E-state index contributed by atoms with van der Waals surface area (Å²) in [5.41, 5.74) is -0.806. The summed E-state index contributed by atoms with van der Waals surface area (Å²) in [7, 11) is -3.50. The van der Waals surface area contributed by atoms with Crippen molar-refractivity contribution in [2.75, 3.05) is 11.5 Å². The van der Waals surface area contributed by atoms with Crippen LogP contribution in [-0.4, -0.2) is 42.1 Å². The molecule has 0 aliphatic heterocycles. The highest BCUT2D eigenvalue weighted by Gasteiger charge is 2.66. The maximum atomic E-state index is 14.0. The summed E-state index contributed by atoms with van der Waals surface area (Å²) < 4.78 is 26.8. The van der Waals surface area contributed by atoms with Gasteiger partial charge in [0.25, 0.3) is 0 Å². The molecule has 250 valence electrons. The van der Waals surface area contributed by atoms with Crippen LogP contribution in [0.3, 0.4) is 0 Å². The van der Waals surface area contributed by atoms with Gasteiger partial charge in [0, 0.05) is 0 Å². The highest BCUT2D eigenvalue weighted by Crippen LogP contribution is 2.58. The molecule has 0 radical (unpaired) electrons. The van der Waals surface area contributed by atoms with E-state index >= 15 is 0 Å².